The van der Waals surface area contributed by atoms with Crippen LogP contribution in [0.25, 0.3) is 21.8 Å². The zero-order valence-corrected chi connectivity index (χ0v) is 19.4. The van der Waals surface area contributed by atoms with Crippen molar-refractivity contribution in [2.45, 2.75) is 24.2 Å². The van der Waals surface area contributed by atoms with Gasteiger partial charge < -0.3 is 14.9 Å². The molecule has 172 valence electrons. The highest BCUT2D eigenvalue weighted by Gasteiger charge is 2.33. The third kappa shape index (κ3) is 4.16. The number of H-pyrrole nitrogens is 1. The van der Waals surface area contributed by atoms with E-state index in [4.69, 9.17) is 0 Å². The van der Waals surface area contributed by atoms with Crippen molar-refractivity contribution in [3.63, 3.8) is 0 Å². The van der Waals surface area contributed by atoms with Gasteiger partial charge in [-0.2, -0.15) is 4.31 Å². The first-order chi connectivity index (χ1) is 15.9. The standard InChI is InChI=1S/C25H28N4O3S/c1-28-14-11-18-15-21(8-9-24(18)28)33(31,32)29-13-4-5-20(17-29)25(30)26-12-10-19-16-27-23-7-3-2-6-22(19)23/h2-3,6-9,11,14-16,20,27H,4-5,10,12-13,17H2,1H3,(H,26,30). The number of fused-ring (bicyclic) bond motifs is 2. The van der Waals surface area contributed by atoms with Gasteiger partial charge in [-0.1, -0.05) is 18.2 Å². The molecular formula is C25H28N4O3S. The number of rotatable bonds is 6. The molecule has 0 saturated carbocycles. The van der Waals surface area contributed by atoms with Crippen molar-refractivity contribution in [1.29, 1.82) is 0 Å². The van der Waals surface area contributed by atoms with Gasteiger partial charge in [-0.25, -0.2) is 8.42 Å². The van der Waals surface area contributed by atoms with Gasteiger partial charge in [-0.05, 0) is 55.2 Å². The number of para-hydroxylation sites is 1. The Hall–Kier alpha value is -3.10. The highest BCUT2D eigenvalue weighted by atomic mass is 32.2. The van der Waals surface area contributed by atoms with Gasteiger partial charge in [0.2, 0.25) is 15.9 Å². The van der Waals surface area contributed by atoms with Crippen LogP contribution in [0.3, 0.4) is 0 Å². The molecule has 33 heavy (non-hydrogen) atoms. The molecule has 1 fully saturated rings. The molecule has 0 radical (unpaired) electrons. The fourth-order valence-electron chi connectivity index (χ4n) is 4.75. The molecule has 0 aliphatic carbocycles. The summed E-state index contributed by atoms with van der Waals surface area (Å²) in [4.78, 5) is 16.4. The van der Waals surface area contributed by atoms with Gasteiger partial charge in [0, 0.05) is 60.9 Å². The first-order valence-electron chi connectivity index (χ1n) is 11.3. The van der Waals surface area contributed by atoms with Crippen LogP contribution in [-0.2, 0) is 28.3 Å². The lowest BCUT2D eigenvalue weighted by atomic mass is 9.99. The molecule has 1 amide bonds. The summed E-state index contributed by atoms with van der Waals surface area (Å²) in [5, 5.41) is 5.07. The number of hydrogen-bond acceptors (Lipinski definition) is 3. The lowest BCUT2D eigenvalue weighted by molar-refractivity contribution is -0.126. The van der Waals surface area contributed by atoms with Crippen molar-refractivity contribution in [3.8, 4) is 0 Å². The van der Waals surface area contributed by atoms with Gasteiger partial charge in [0.05, 0.1) is 10.8 Å². The Morgan fingerprint density at radius 2 is 2.03 bits per heavy atom. The summed E-state index contributed by atoms with van der Waals surface area (Å²) in [6.45, 7) is 1.18. The minimum absolute atomic E-state index is 0.0757. The van der Waals surface area contributed by atoms with E-state index in [1.54, 1.807) is 12.1 Å². The first kappa shape index (κ1) is 21.7. The van der Waals surface area contributed by atoms with Gasteiger partial charge in [-0.3, -0.25) is 4.79 Å². The second kappa shape index (κ2) is 8.68. The minimum Gasteiger partial charge on any atom is -0.361 e. The van der Waals surface area contributed by atoms with Crippen molar-refractivity contribution >= 4 is 37.7 Å². The van der Waals surface area contributed by atoms with E-state index in [0.29, 0.717) is 25.9 Å². The van der Waals surface area contributed by atoms with E-state index in [-0.39, 0.29) is 23.3 Å². The fraction of sp³-hybridized carbons (Fsp3) is 0.320. The maximum Gasteiger partial charge on any atom is 0.243 e. The van der Waals surface area contributed by atoms with E-state index in [1.807, 2.05) is 54.3 Å². The van der Waals surface area contributed by atoms with Crippen molar-refractivity contribution < 1.29 is 13.2 Å². The molecule has 4 aromatic rings. The number of nitrogens with one attached hydrogen (secondary N) is 2. The molecule has 3 heterocycles. The third-order valence-electron chi connectivity index (χ3n) is 6.62. The molecule has 7 nitrogen and oxygen atoms in total. The second-order valence-electron chi connectivity index (χ2n) is 8.75. The second-order valence-corrected chi connectivity index (χ2v) is 10.7. The van der Waals surface area contributed by atoms with Gasteiger partial charge in [0.15, 0.2) is 0 Å². The third-order valence-corrected chi connectivity index (χ3v) is 8.48. The average molecular weight is 465 g/mol. The molecule has 1 unspecified atom stereocenters. The number of aryl methyl sites for hydroxylation is 1. The number of sulfonamides is 1. The van der Waals surface area contributed by atoms with Gasteiger partial charge in [0.1, 0.15) is 0 Å². The molecular weight excluding hydrogens is 436 g/mol. The fourth-order valence-corrected chi connectivity index (χ4v) is 6.31. The largest absolute Gasteiger partial charge is 0.361 e. The summed E-state index contributed by atoms with van der Waals surface area (Å²) in [5.74, 6) is -0.412. The SMILES string of the molecule is Cn1ccc2cc(S(=O)(=O)N3CCCC(C(=O)NCCc4c[nH]c5ccccc45)C3)ccc21. The van der Waals surface area contributed by atoms with Crippen LogP contribution in [-0.4, -0.2) is 47.8 Å². The van der Waals surface area contributed by atoms with Crippen molar-refractivity contribution in [1.82, 2.24) is 19.2 Å². The van der Waals surface area contributed by atoms with Gasteiger partial charge >= 0.3 is 0 Å². The number of hydrogen-bond donors (Lipinski definition) is 2. The van der Waals surface area contributed by atoms with Crippen molar-refractivity contribution in [2.75, 3.05) is 19.6 Å². The molecule has 0 spiro atoms. The summed E-state index contributed by atoms with van der Waals surface area (Å²) < 4.78 is 30.0. The van der Waals surface area contributed by atoms with Crippen LogP contribution in [0, 0.1) is 5.92 Å². The van der Waals surface area contributed by atoms with E-state index in [0.717, 1.165) is 33.8 Å². The maximum absolute atomic E-state index is 13.3. The lowest BCUT2D eigenvalue weighted by Gasteiger charge is -2.31. The van der Waals surface area contributed by atoms with E-state index in [9.17, 15) is 13.2 Å². The summed E-state index contributed by atoms with van der Waals surface area (Å²) in [6.07, 6.45) is 5.99. The maximum atomic E-state index is 13.3. The van der Waals surface area contributed by atoms with Crippen LogP contribution in [0.5, 0.6) is 0 Å². The molecule has 0 bridgehead atoms. The lowest BCUT2D eigenvalue weighted by Crippen LogP contribution is -2.45. The molecule has 5 rings (SSSR count). The minimum atomic E-state index is -3.65. The molecule has 1 saturated heterocycles. The predicted molar refractivity (Wildman–Crippen MR) is 129 cm³/mol. The Balaban J connectivity index is 1.23. The number of aromatic nitrogens is 2. The Bertz CT molecular complexity index is 1420. The molecule has 1 aliphatic rings. The van der Waals surface area contributed by atoms with Crippen molar-refractivity contribution in [3.05, 3.63) is 66.5 Å². The summed E-state index contributed by atoms with van der Waals surface area (Å²) >= 11 is 0. The average Bonchev–Trinajstić information content (AvgIpc) is 3.42. The molecule has 1 aliphatic heterocycles. The molecule has 1 atom stereocenters. The quantitative estimate of drug-likeness (QED) is 0.458. The number of amides is 1. The Labute approximate surface area is 193 Å². The summed E-state index contributed by atoms with van der Waals surface area (Å²) in [7, 11) is -1.72. The van der Waals surface area contributed by atoms with Crippen molar-refractivity contribution in [2.24, 2.45) is 13.0 Å². The van der Waals surface area contributed by atoms with E-state index in [2.05, 4.69) is 16.4 Å². The zero-order valence-electron chi connectivity index (χ0n) is 18.6. The number of piperidine rings is 1. The summed E-state index contributed by atoms with van der Waals surface area (Å²) in [5.41, 5.74) is 3.23. The van der Waals surface area contributed by atoms with Crippen LogP contribution in [0.4, 0.5) is 0 Å². The monoisotopic (exact) mass is 464 g/mol. The molecule has 8 heteroatoms. The van der Waals surface area contributed by atoms with E-state index >= 15 is 0 Å². The smallest absolute Gasteiger partial charge is 0.243 e. The Morgan fingerprint density at radius 1 is 1.18 bits per heavy atom. The van der Waals surface area contributed by atoms with Crippen LogP contribution in [0.1, 0.15) is 18.4 Å². The van der Waals surface area contributed by atoms with E-state index < -0.39 is 10.0 Å². The van der Waals surface area contributed by atoms with Crippen LogP contribution < -0.4 is 5.32 Å². The normalized spacial score (nSPS) is 17.5. The highest BCUT2D eigenvalue weighted by Crippen LogP contribution is 2.27. The number of nitrogens with zero attached hydrogens (tertiary/aromatic N) is 2. The Kier molecular flexibility index (Phi) is 5.72. The van der Waals surface area contributed by atoms with Crippen LogP contribution in [0.2, 0.25) is 0 Å². The first-order valence-corrected chi connectivity index (χ1v) is 12.8. The van der Waals surface area contributed by atoms with E-state index in [1.165, 1.54) is 4.31 Å². The van der Waals surface area contributed by atoms with Gasteiger partial charge in [0.25, 0.3) is 0 Å². The van der Waals surface area contributed by atoms with Crippen LogP contribution >= 0.6 is 0 Å². The zero-order chi connectivity index (χ0) is 23.0. The molecule has 2 aromatic heterocycles. The summed E-state index contributed by atoms with van der Waals surface area (Å²) in [6, 6.07) is 15.2. The number of carbonyl (C=O) groups is 1. The Morgan fingerprint density at radius 3 is 2.91 bits per heavy atom. The molecule has 2 aromatic carbocycles. The number of benzene rings is 2. The number of aromatic amines is 1. The predicted octanol–water partition coefficient (Wildman–Crippen LogP) is 3.42. The van der Waals surface area contributed by atoms with Crippen LogP contribution in [0.15, 0.2) is 65.8 Å². The van der Waals surface area contributed by atoms with Gasteiger partial charge in [-0.15, -0.1) is 0 Å². The molecule has 2 N–H and O–H groups in total. The highest BCUT2D eigenvalue weighted by molar-refractivity contribution is 7.89. The number of carbonyl (C=O) groups excluding carboxylic acids is 1. The topological polar surface area (TPSA) is 87.2 Å².